The number of hydrogen-bond donors (Lipinski definition) is 1. The van der Waals surface area contributed by atoms with Gasteiger partial charge in [0.25, 0.3) is 5.91 Å². The van der Waals surface area contributed by atoms with Gasteiger partial charge in [-0.15, -0.1) is 12.4 Å². The highest BCUT2D eigenvalue weighted by molar-refractivity contribution is 5.85. The van der Waals surface area contributed by atoms with Crippen molar-refractivity contribution < 1.29 is 22.7 Å². The van der Waals surface area contributed by atoms with Gasteiger partial charge in [-0.3, -0.25) is 4.79 Å². The average Bonchev–Trinajstić information content (AvgIpc) is 2.44. The first-order valence-electron chi connectivity index (χ1n) is 6.67. The van der Waals surface area contributed by atoms with Gasteiger partial charge < -0.3 is 15.0 Å². The molecule has 8 heteroatoms. The van der Waals surface area contributed by atoms with Gasteiger partial charge >= 0.3 is 6.18 Å². The van der Waals surface area contributed by atoms with Crippen LogP contribution in [0.5, 0.6) is 5.75 Å². The molecule has 0 aliphatic carbocycles. The molecule has 1 N–H and O–H groups in total. The molecule has 1 aromatic carbocycles. The zero-order valence-corrected chi connectivity index (χ0v) is 12.8. The zero-order valence-electron chi connectivity index (χ0n) is 12.0. The molecule has 4 nitrogen and oxygen atoms in total. The molecule has 22 heavy (non-hydrogen) atoms. The molecule has 0 aromatic heterocycles. The standard InChI is InChI=1S/C14H17F3N2O2.ClH/c1-10-8-19(6-5-18-10)13(20)9-21-12-4-2-3-11(7-12)14(15,16)17;/h2-4,7,10,18H,5-6,8-9H2,1H3;1H. The molecule has 1 aliphatic rings. The number of amides is 1. The Hall–Kier alpha value is -1.47. The molecule has 1 atom stereocenters. The number of rotatable bonds is 3. The molecule has 0 bridgehead atoms. The third-order valence-corrected chi connectivity index (χ3v) is 3.25. The van der Waals surface area contributed by atoms with Crippen LogP contribution in [0.3, 0.4) is 0 Å². The molecule has 0 radical (unpaired) electrons. The van der Waals surface area contributed by atoms with Crippen molar-refractivity contribution in [1.29, 1.82) is 0 Å². The van der Waals surface area contributed by atoms with Crippen LogP contribution in [-0.4, -0.2) is 43.1 Å². The SMILES string of the molecule is CC1CN(C(=O)COc2cccc(C(F)(F)F)c2)CCN1.Cl. The fourth-order valence-electron chi connectivity index (χ4n) is 2.16. The first-order valence-corrected chi connectivity index (χ1v) is 6.67. The fraction of sp³-hybridized carbons (Fsp3) is 0.500. The Kier molecular flexibility index (Phi) is 6.49. The van der Waals surface area contributed by atoms with Crippen molar-refractivity contribution in [3.63, 3.8) is 0 Å². The summed E-state index contributed by atoms with van der Waals surface area (Å²) in [5, 5.41) is 3.20. The zero-order chi connectivity index (χ0) is 15.5. The summed E-state index contributed by atoms with van der Waals surface area (Å²) in [6.45, 7) is 3.57. The summed E-state index contributed by atoms with van der Waals surface area (Å²) in [5.41, 5.74) is -0.789. The molecular weight excluding hydrogens is 321 g/mol. The van der Waals surface area contributed by atoms with E-state index in [0.29, 0.717) is 19.6 Å². The molecule has 1 aliphatic heterocycles. The van der Waals surface area contributed by atoms with E-state index in [2.05, 4.69) is 5.32 Å². The maximum Gasteiger partial charge on any atom is 0.416 e. The van der Waals surface area contributed by atoms with E-state index >= 15 is 0 Å². The van der Waals surface area contributed by atoms with E-state index in [0.717, 1.165) is 12.1 Å². The number of carbonyl (C=O) groups is 1. The summed E-state index contributed by atoms with van der Waals surface area (Å²) >= 11 is 0. The van der Waals surface area contributed by atoms with Gasteiger partial charge in [-0.25, -0.2) is 0 Å². The van der Waals surface area contributed by atoms with Gasteiger partial charge in [-0.1, -0.05) is 6.07 Å². The number of benzene rings is 1. The molecule has 1 unspecified atom stereocenters. The van der Waals surface area contributed by atoms with E-state index in [1.807, 2.05) is 6.92 Å². The predicted molar refractivity (Wildman–Crippen MR) is 78.2 cm³/mol. The summed E-state index contributed by atoms with van der Waals surface area (Å²) < 4.78 is 42.9. The van der Waals surface area contributed by atoms with E-state index < -0.39 is 11.7 Å². The minimum absolute atomic E-state index is 0. The Morgan fingerprint density at radius 2 is 2.18 bits per heavy atom. The van der Waals surface area contributed by atoms with Gasteiger partial charge in [0.2, 0.25) is 0 Å². The van der Waals surface area contributed by atoms with Crippen LogP contribution in [0.4, 0.5) is 13.2 Å². The van der Waals surface area contributed by atoms with Gasteiger partial charge in [0.1, 0.15) is 5.75 Å². The lowest BCUT2D eigenvalue weighted by atomic mass is 10.2. The monoisotopic (exact) mass is 338 g/mol. The highest BCUT2D eigenvalue weighted by Gasteiger charge is 2.30. The van der Waals surface area contributed by atoms with Crippen LogP contribution in [0.2, 0.25) is 0 Å². The number of carbonyl (C=O) groups excluding carboxylic acids is 1. The molecule has 1 heterocycles. The first kappa shape index (κ1) is 18.6. The molecule has 1 saturated heterocycles. The number of nitrogens with one attached hydrogen (secondary N) is 1. The largest absolute Gasteiger partial charge is 0.484 e. The summed E-state index contributed by atoms with van der Waals surface area (Å²) in [7, 11) is 0. The van der Waals surface area contributed by atoms with E-state index in [-0.39, 0.29) is 36.7 Å². The number of piperazine rings is 1. The van der Waals surface area contributed by atoms with Crippen LogP contribution in [0.15, 0.2) is 24.3 Å². The average molecular weight is 339 g/mol. The predicted octanol–water partition coefficient (Wildman–Crippen LogP) is 2.33. The molecular formula is C14H18ClF3N2O2. The quantitative estimate of drug-likeness (QED) is 0.919. The van der Waals surface area contributed by atoms with E-state index in [1.165, 1.54) is 12.1 Å². The van der Waals surface area contributed by atoms with Gasteiger partial charge in [0.15, 0.2) is 6.61 Å². The molecule has 2 rings (SSSR count). The Morgan fingerprint density at radius 3 is 2.82 bits per heavy atom. The Balaban J connectivity index is 0.00000242. The highest BCUT2D eigenvalue weighted by atomic mass is 35.5. The smallest absolute Gasteiger partial charge is 0.416 e. The number of ether oxygens (including phenoxy) is 1. The minimum atomic E-state index is -4.42. The maximum atomic E-state index is 12.6. The van der Waals surface area contributed by atoms with Crippen LogP contribution in [0.1, 0.15) is 12.5 Å². The Bertz CT molecular complexity index is 511. The Morgan fingerprint density at radius 1 is 1.45 bits per heavy atom. The van der Waals surface area contributed by atoms with Crippen molar-refractivity contribution in [3.05, 3.63) is 29.8 Å². The molecule has 0 saturated carbocycles. The van der Waals surface area contributed by atoms with Crippen LogP contribution in [0.25, 0.3) is 0 Å². The number of halogens is 4. The van der Waals surface area contributed by atoms with E-state index in [4.69, 9.17) is 4.74 Å². The van der Waals surface area contributed by atoms with Crippen LogP contribution < -0.4 is 10.1 Å². The van der Waals surface area contributed by atoms with Crippen molar-refractivity contribution in [3.8, 4) is 5.75 Å². The summed E-state index contributed by atoms with van der Waals surface area (Å²) in [6.07, 6.45) is -4.42. The van der Waals surface area contributed by atoms with Crippen LogP contribution in [0, 0.1) is 0 Å². The van der Waals surface area contributed by atoms with Crippen molar-refractivity contribution in [2.45, 2.75) is 19.1 Å². The van der Waals surface area contributed by atoms with Crippen molar-refractivity contribution in [2.24, 2.45) is 0 Å². The molecule has 1 aromatic rings. The van der Waals surface area contributed by atoms with Crippen LogP contribution >= 0.6 is 12.4 Å². The van der Waals surface area contributed by atoms with Gasteiger partial charge in [-0.2, -0.15) is 13.2 Å². The fourth-order valence-corrected chi connectivity index (χ4v) is 2.16. The first-order chi connectivity index (χ1) is 9.86. The van der Waals surface area contributed by atoms with E-state index in [1.54, 1.807) is 4.90 Å². The third kappa shape index (κ3) is 5.06. The molecule has 1 fully saturated rings. The van der Waals surface area contributed by atoms with Crippen LogP contribution in [-0.2, 0) is 11.0 Å². The maximum absolute atomic E-state index is 12.6. The third-order valence-electron chi connectivity index (χ3n) is 3.25. The van der Waals surface area contributed by atoms with Crippen molar-refractivity contribution in [1.82, 2.24) is 10.2 Å². The lowest BCUT2D eigenvalue weighted by Crippen LogP contribution is -2.52. The summed E-state index contributed by atoms with van der Waals surface area (Å²) in [4.78, 5) is 13.6. The normalized spacial score (nSPS) is 18.5. The minimum Gasteiger partial charge on any atom is -0.484 e. The van der Waals surface area contributed by atoms with Crippen molar-refractivity contribution >= 4 is 18.3 Å². The van der Waals surface area contributed by atoms with Gasteiger partial charge in [0.05, 0.1) is 5.56 Å². The lowest BCUT2D eigenvalue weighted by Gasteiger charge is -2.31. The number of alkyl halides is 3. The second-order valence-corrected chi connectivity index (χ2v) is 5.01. The second kappa shape index (κ2) is 7.69. The highest BCUT2D eigenvalue weighted by Crippen LogP contribution is 2.31. The molecule has 124 valence electrons. The van der Waals surface area contributed by atoms with Gasteiger partial charge in [-0.05, 0) is 25.1 Å². The Labute approximate surface area is 133 Å². The number of nitrogens with zero attached hydrogens (tertiary/aromatic N) is 1. The van der Waals surface area contributed by atoms with Gasteiger partial charge in [0, 0.05) is 25.7 Å². The summed E-state index contributed by atoms with van der Waals surface area (Å²) in [5.74, 6) is -0.179. The summed E-state index contributed by atoms with van der Waals surface area (Å²) in [6, 6.07) is 4.73. The number of hydrogen-bond acceptors (Lipinski definition) is 3. The second-order valence-electron chi connectivity index (χ2n) is 5.01. The van der Waals surface area contributed by atoms with E-state index in [9.17, 15) is 18.0 Å². The molecule has 1 amide bonds. The topological polar surface area (TPSA) is 41.6 Å². The lowest BCUT2D eigenvalue weighted by molar-refractivity contribution is -0.137. The van der Waals surface area contributed by atoms with Crippen molar-refractivity contribution in [2.75, 3.05) is 26.2 Å². The molecule has 0 spiro atoms.